The Morgan fingerprint density at radius 3 is 2.64 bits per heavy atom. The van der Waals surface area contributed by atoms with Crippen molar-refractivity contribution >= 4 is 38.7 Å². The van der Waals surface area contributed by atoms with Crippen molar-refractivity contribution in [3.63, 3.8) is 0 Å². The Morgan fingerprint density at radius 2 is 1.91 bits per heavy atom. The van der Waals surface area contributed by atoms with Crippen molar-refractivity contribution in [3.8, 4) is 0 Å². The van der Waals surface area contributed by atoms with Gasteiger partial charge in [0.1, 0.15) is 10.4 Å². The van der Waals surface area contributed by atoms with Crippen molar-refractivity contribution < 1.29 is 17.8 Å². The number of hydrogen-bond donors (Lipinski definition) is 1. The molecule has 0 amide bonds. The molecule has 1 aromatic heterocycles. The minimum absolute atomic E-state index is 0.202. The third-order valence-electron chi connectivity index (χ3n) is 3.00. The van der Waals surface area contributed by atoms with E-state index in [2.05, 4.69) is 10.3 Å². The summed E-state index contributed by atoms with van der Waals surface area (Å²) in [4.78, 5) is 12.0. The van der Waals surface area contributed by atoms with E-state index in [1.54, 1.807) is 12.1 Å². The molecule has 112 valence electrons. The highest BCUT2D eigenvalue weighted by Gasteiger charge is 2.23. The maximum Gasteiger partial charge on any atom is 0.295 e. The van der Waals surface area contributed by atoms with Crippen molar-refractivity contribution in [2.45, 2.75) is 4.90 Å². The van der Waals surface area contributed by atoms with E-state index in [1.807, 2.05) is 0 Å². The summed E-state index contributed by atoms with van der Waals surface area (Å²) < 4.78 is 32.9. The predicted molar refractivity (Wildman–Crippen MR) is 78.5 cm³/mol. The van der Waals surface area contributed by atoms with Gasteiger partial charge in [0.15, 0.2) is 0 Å². The van der Waals surface area contributed by atoms with Crippen molar-refractivity contribution in [2.24, 2.45) is 0 Å². The first-order chi connectivity index (χ1) is 10.4. The van der Waals surface area contributed by atoms with Gasteiger partial charge in [0.2, 0.25) is 0 Å². The van der Waals surface area contributed by atoms with Gasteiger partial charge in [-0.05, 0) is 30.3 Å². The van der Waals surface area contributed by atoms with Crippen LogP contribution in [-0.2, 0) is 10.1 Å². The number of carbonyl (C=O) groups excluding carboxylic acids is 1. The van der Waals surface area contributed by atoms with Crippen molar-refractivity contribution in [1.29, 1.82) is 0 Å². The van der Waals surface area contributed by atoms with Gasteiger partial charge in [-0.25, -0.2) is 0 Å². The molecular weight excluding hydrogens is 330 g/mol. The van der Waals surface area contributed by atoms with Crippen LogP contribution in [0.4, 0.5) is 0 Å². The van der Waals surface area contributed by atoms with E-state index in [1.165, 1.54) is 24.3 Å². The summed E-state index contributed by atoms with van der Waals surface area (Å²) >= 11 is 5.84. The van der Waals surface area contributed by atoms with Gasteiger partial charge in [0, 0.05) is 5.02 Å². The fourth-order valence-corrected chi connectivity index (χ4v) is 2.88. The average molecular weight is 338 g/mol. The molecule has 3 rings (SSSR count). The number of carbonyl (C=O) groups is 1. The number of fused-ring (bicyclic) bond motifs is 1. The normalized spacial score (nSPS) is 11.7. The van der Waals surface area contributed by atoms with Gasteiger partial charge in [-0.2, -0.15) is 13.1 Å². The monoisotopic (exact) mass is 337 g/mol. The number of rotatable bonds is 2. The van der Waals surface area contributed by atoms with E-state index >= 15 is 0 Å². The molecule has 0 saturated heterocycles. The summed E-state index contributed by atoms with van der Waals surface area (Å²) in [6.07, 6.45) is 0. The molecule has 0 atom stereocenters. The smallest absolute Gasteiger partial charge is 0.282 e. The van der Waals surface area contributed by atoms with Gasteiger partial charge in [-0.15, -0.1) is 5.10 Å². The van der Waals surface area contributed by atoms with E-state index in [4.69, 9.17) is 11.6 Å². The molecule has 0 spiro atoms. The lowest BCUT2D eigenvalue weighted by atomic mass is 10.2. The average Bonchev–Trinajstić information content (AvgIpc) is 2.88. The van der Waals surface area contributed by atoms with Crippen LogP contribution in [0.1, 0.15) is 10.4 Å². The molecule has 2 aromatic carbocycles. The molecule has 1 heterocycles. The maximum atomic E-state index is 12.5. The van der Waals surface area contributed by atoms with Gasteiger partial charge in [0.25, 0.3) is 16.0 Å². The summed E-state index contributed by atoms with van der Waals surface area (Å²) in [6.45, 7) is 0. The van der Waals surface area contributed by atoms with Crippen LogP contribution in [-0.4, -0.2) is 33.9 Å². The van der Waals surface area contributed by atoms with Gasteiger partial charge < -0.3 is 0 Å². The third-order valence-corrected chi connectivity index (χ3v) is 4.14. The number of benzene rings is 2. The van der Waals surface area contributed by atoms with E-state index in [0.29, 0.717) is 16.1 Å². The van der Waals surface area contributed by atoms with Crippen LogP contribution in [0.5, 0.6) is 0 Å². The van der Waals surface area contributed by atoms with Crippen LogP contribution in [0.25, 0.3) is 11.0 Å². The van der Waals surface area contributed by atoms with Crippen LogP contribution in [0.2, 0.25) is 5.02 Å². The molecule has 7 nitrogen and oxygen atoms in total. The lowest BCUT2D eigenvalue weighted by Gasteiger charge is -2.06. The Balaban J connectivity index is 2.19. The summed E-state index contributed by atoms with van der Waals surface area (Å²) in [7, 11) is -4.53. The van der Waals surface area contributed by atoms with Crippen LogP contribution >= 0.6 is 11.6 Å². The maximum absolute atomic E-state index is 12.5. The standard InChI is InChI=1S/C13H8ClN3O4S/c14-8-5-6-11-10(7-8)15-16-17(11)13(18)9-3-1-2-4-12(9)22(19,20)21/h1-7H,(H,19,20,21). The Morgan fingerprint density at radius 1 is 1.18 bits per heavy atom. The topological polar surface area (TPSA) is 102 Å². The molecule has 0 aliphatic heterocycles. The fourth-order valence-electron chi connectivity index (χ4n) is 2.03. The molecular formula is C13H8ClN3O4S. The number of halogens is 1. The van der Waals surface area contributed by atoms with E-state index < -0.39 is 20.9 Å². The Kier molecular flexibility index (Phi) is 3.44. The highest BCUT2D eigenvalue weighted by atomic mass is 35.5. The summed E-state index contributed by atoms with van der Waals surface area (Å²) in [5, 5.41) is 7.97. The van der Waals surface area contributed by atoms with Crippen LogP contribution in [0, 0.1) is 0 Å². The first-order valence-electron chi connectivity index (χ1n) is 6.00. The van der Waals surface area contributed by atoms with Crippen molar-refractivity contribution in [2.75, 3.05) is 0 Å². The molecule has 9 heteroatoms. The minimum Gasteiger partial charge on any atom is -0.282 e. The first-order valence-corrected chi connectivity index (χ1v) is 7.82. The van der Waals surface area contributed by atoms with Gasteiger partial charge >= 0.3 is 0 Å². The van der Waals surface area contributed by atoms with E-state index in [0.717, 1.165) is 10.7 Å². The van der Waals surface area contributed by atoms with E-state index in [9.17, 15) is 17.8 Å². The second-order valence-electron chi connectivity index (χ2n) is 4.41. The zero-order valence-corrected chi connectivity index (χ0v) is 12.4. The number of aromatic nitrogens is 3. The largest absolute Gasteiger partial charge is 0.295 e. The number of hydrogen-bond acceptors (Lipinski definition) is 5. The second-order valence-corrected chi connectivity index (χ2v) is 6.24. The predicted octanol–water partition coefficient (Wildman–Crippen LogP) is 2.02. The molecule has 0 saturated carbocycles. The second kappa shape index (κ2) is 5.16. The minimum atomic E-state index is -4.53. The fraction of sp³-hybridized carbons (Fsp3) is 0. The SMILES string of the molecule is O=C(c1ccccc1S(=O)(=O)O)n1nnc2cc(Cl)ccc21. The van der Waals surface area contributed by atoms with Crippen molar-refractivity contribution in [3.05, 3.63) is 53.1 Å². The molecule has 0 fully saturated rings. The van der Waals surface area contributed by atoms with Crippen LogP contribution in [0.15, 0.2) is 47.4 Å². The Hall–Kier alpha value is -2.29. The van der Waals surface area contributed by atoms with Crippen molar-refractivity contribution in [1.82, 2.24) is 15.0 Å². The van der Waals surface area contributed by atoms with Crippen LogP contribution in [0.3, 0.4) is 0 Å². The molecule has 3 aromatic rings. The first kappa shape index (κ1) is 14.6. The van der Waals surface area contributed by atoms with Gasteiger partial charge in [0.05, 0.1) is 11.1 Å². The quantitative estimate of drug-likeness (QED) is 0.718. The lowest BCUT2D eigenvalue weighted by molar-refractivity contribution is 0.0944. The lowest BCUT2D eigenvalue weighted by Crippen LogP contribution is -2.17. The van der Waals surface area contributed by atoms with Gasteiger partial charge in [-0.3, -0.25) is 9.35 Å². The highest BCUT2D eigenvalue weighted by molar-refractivity contribution is 7.86. The zero-order chi connectivity index (χ0) is 15.9. The molecule has 0 bridgehead atoms. The summed E-state index contributed by atoms with van der Waals surface area (Å²) in [6, 6.07) is 9.95. The number of nitrogens with zero attached hydrogens (tertiary/aromatic N) is 3. The zero-order valence-electron chi connectivity index (χ0n) is 10.8. The Bertz CT molecular complexity index is 997. The third kappa shape index (κ3) is 2.47. The van der Waals surface area contributed by atoms with Gasteiger partial charge in [-0.1, -0.05) is 28.9 Å². The molecule has 0 unspecified atom stereocenters. The highest BCUT2D eigenvalue weighted by Crippen LogP contribution is 2.20. The molecule has 1 N–H and O–H groups in total. The van der Waals surface area contributed by atoms with Crippen LogP contribution < -0.4 is 0 Å². The molecule has 0 radical (unpaired) electrons. The molecule has 0 aliphatic rings. The summed E-state index contributed by atoms with van der Waals surface area (Å²) in [5.41, 5.74) is 0.566. The summed E-state index contributed by atoms with van der Waals surface area (Å²) in [5.74, 6) is -0.724. The molecule has 0 aliphatic carbocycles. The molecule has 22 heavy (non-hydrogen) atoms. The van der Waals surface area contributed by atoms with E-state index in [-0.39, 0.29) is 5.56 Å². The Labute approximate surface area is 129 Å².